The Balaban J connectivity index is 1.53. The third-order valence-corrected chi connectivity index (χ3v) is 4.68. The van der Waals surface area contributed by atoms with E-state index in [1.807, 2.05) is 43.3 Å². The molecule has 6 nitrogen and oxygen atoms in total. The number of ether oxygens (including phenoxy) is 1. The Morgan fingerprint density at radius 3 is 2.63 bits per heavy atom. The number of anilines is 1. The first kappa shape index (κ1) is 19.6. The van der Waals surface area contributed by atoms with Gasteiger partial charge in [-0.05, 0) is 66.9 Å². The normalized spacial score (nSPS) is 11.1. The van der Waals surface area contributed by atoms with Crippen LogP contribution in [-0.2, 0) is 0 Å². The Labute approximate surface area is 174 Å². The fourth-order valence-corrected chi connectivity index (χ4v) is 3.05. The minimum absolute atomic E-state index is 0.190. The quantitative estimate of drug-likeness (QED) is 0.462. The average molecular weight is 401 g/mol. The van der Waals surface area contributed by atoms with Crippen LogP contribution in [0, 0.1) is 12.8 Å². The van der Waals surface area contributed by atoms with Gasteiger partial charge in [0.05, 0.1) is 6.61 Å². The van der Waals surface area contributed by atoms with Gasteiger partial charge in [-0.15, -0.1) is 0 Å². The van der Waals surface area contributed by atoms with Crippen molar-refractivity contribution in [2.24, 2.45) is 5.92 Å². The number of amides is 1. The zero-order chi connectivity index (χ0) is 21.1. The van der Waals surface area contributed by atoms with E-state index in [0.717, 1.165) is 16.9 Å². The standard InChI is InChI=1S/C24H23N3O3/c1-15(2)14-29-18-11-9-17(10-12-18)23(28)26-20-7-4-6-19(16(20)3)24-27-22-21(30-24)8-5-13-25-22/h4-13,15H,14H2,1-3H3,(H,26,28). The van der Waals surface area contributed by atoms with E-state index in [-0.39, 0.29) is 5.91 Å². The van der Waals surface area contributed by atoms with Crippen LogP contribution >= 0.6 is 0 Å². The first-order valence-corrected chi connectivity index (χ1v) is 9.87. The summed E-state index contributed by atoms with van der Waals surface area (Å²) in [6.07, 6.45) is 1.68. The van der Waals surface area contributed by atoms with Gasteiger partial charge in [0.2, 0.25) is 5.89 Å². The van der Waals surface area contributed by atoms with Gasteiger partial charge >= 0.3 is 0 Å². The zero-order valence-electron chi connectivity index (χ0n) is 17.2. The minimum Gasteiger partial charge on any atom is -0.493 e. The van der Waals surface area contributed by atoms with E-state index >= 15 is 0 Å². The second-order valence-electron chi connectivity index (χ2n) is 7.51. The molecule has 1 N–H and O–H groups in total. The summed E-state index contributed by atoms with van der Waals surface area (Å²) in [5.74, 6) is 1.48. The van der Waals surface area contributed by atoms with Gasteiger partial charge in [0, 0.05) is 23.0 Å². The van der Waals surface area contributed by atoms with Gasteiger partial charge in [0.15, 0.2) is 11.2 Å². The van der Waals surface area contributed by atoms with Gasteiger partial charge in [-0.25, -0.2) is 4.98 Å². The first-order valence-electron chi connectivity index (χ1n) is 9.87. The van der Waals surface area contributed by atoms with Crippen LogP contribution in [0.25, 0.3) is 22.7 Å². The van der Waals surface area contributed by atoms with Gasteiger partial charge in [-0.1, -0.05) is 19.9 Å². The van der Waals surface area contributed by atoms with E-state index in [1.165, 1.54) is 0 Å². The molecule has 0 saturated heterocycles. The number of carbonyl (C=O) groups is 1. The van der Waals surface area contributed by atoms with Crippen LogP contribution in [0.5, 0.6) is 5.75 Å². The lowest BCUT2D eigenvalue weighted by Gasteiger charge is -2.12. The van der Waals surface area contributed by atoms with Crippen molar-refractivity contribution in [3.63, 3.8) is 0 Å². The second-order valence-corrected chi connectivity index (χ2v) is 7.51. The van der Waals surface area contributed by atoms with Gasteiger partial charge in [-0.2, -0.15) is 4.98 Å². The van der Waals surface area contributed by atoms with Crippen molar-refractivity contribution in [1.29, 1.82) is 0 Å². The summed E-state index contributed by atoms with van der Waals surface area (Å²) >= 11 is 0. The smallest absolute Gasteiger partial charge is 0.255 e. The van der Waals surface area contributed by atoms with Crippen LogP contribution in [0.1, 0.15) is 29.8 Å². The summed E-state index contributed by atoms with van der Waals surface area (Å²) in [5, 5.41) is 2.98. The van der Waals surface area contributed by atoms with Crippen LogP contribution < -0.4 is 10.1 Å². The second kappa shape index (κ2) is 8.37. The number of hydrogen-bond donors (Lipinski definition) is 1. The predicted octanol–water partition coefficient (Wildman–Crippen LogP) is 5.49. The van der Waals surface area contributed by atoms with Gasteiger partial charge in [-0.3, -0.25) is 4.79 Å². The first-order chi connectivity index (χ1) is 14.5. The monoisotopic (exact) mass is 401 g/mol. The average Bonchev–Trinajstić information content (AvgIpc) is 3.18. The number of benzene rings is 2. The van der Waals surface area contributed by atoms with Crippen molar-refractivity contribution in [2.75, 3.05) is 11.9 Å². The highest BCUT2D eigenvalue weighted by molar-refractivity contribution is 6.05. The third-order valence-electron chi connectivity index (χ3n) is 4.68. The SMILES string of the molecule is Cc1c(NC(=O)c2ccc(OCC(C)C)cc2)cccc1-c1nc2ncccc2o1. The van der Waals surface area contributed by atoms with Crippen LogP contribution in [0.2, 0.25) is 0 Å². The number of fused-ring (bicyclic) bond motifs is 1. The van der Waals surface area contributed by atoms with Gasteiger partial charge in [0.25, 0.3) is 5.91 Å². The molecule has 0 fully saturated rings. The van der Waals surface area contributed by atoms with E-state index in [0.29, 0.717) is 40.9 Å². The molecule has 1 amide bonds. The molecule has 0 aliphatic carbocycles. The highest BCUT2D eigenvalue weighted by atomic mass is 16.5. The molecule has 0 aliphatic rings. The number of rotatable bonds is 6. The number of aromatic nitrogens is 2. The van der Waals surface area contributed by atoms with E-state index in [4.69, 9.17) is 9.15 Å². The summed E-state index contributed by atoms with van der Waals surface area (Å²) in [4.78, 5) is 21.4. The Hall–Kier alpha value is -3.67. The maximum atomic E-state index is 12.7. The van der Waals surface area contributed by atoms with E-state index in [1.54, 1.807) is 24.4 Å². The van der Waals surface area contributed by atoms with Crippen molar-refractivity contribution in [2.45, 2.75) is 20.8 Å². The maximum absolute atomic E-state index is 12.7. The molecule has 2 aromatic carbocycles. The molecule has 4 rings (SSSR count). The Kier molecular flexibility index (Phi) is 5.48. The number of oxazole rings is 1. The third kappa shape index (κ3) is 4.17. The molecule has 2 aromatic heterocycles. The molecule has 30 heavy (non-hydrogen) atoms. The minimum atomic E-state index is -0.190. The van der Waals surface area contributed by atoms with Crippen molar-refractivity contribution >= 4 is 22.8 Å². The van der Waals surface area contributed by atoms with Crippen LogP contribution in [0.4, 0.5) is 5.69 Å². The van der Waals surface area contributed by atoms with Crippen molar-refractivity contribution in [3.8, 4) is 17.2 Å². The maximum Gasteiger partial charge on any atom is 0.255 e. The molecule has 2 heterocycles. The van der Waals surface area contributed by atoms with Gasteiger partial charge in [0.1, 0.15) is 5.75 Å². The summed E-state index contributed by atoms with van der Waals surface area (Å²) < 4.78 is 11.5. The number of nitrogens with one attached hydrogen (secondary N) is 1. The number of pyridine rings is 1. The molecule has 4 aromatic rings. The lowest BCUT2D eigenvalue weighted by molar-refractivity contribution is 0.102. The molecule has 0 atom stereocenters. The lowest BCUT2D eigenvalue weighted by atomic mass is 10.1. The Morgan fingerprint density at radius 2 is 1.90 bits per heavy atom. The highest BCUT2D eigenvalue weighted by Gasteiger charge is 2.15. The van der Waals surface area contributed by atoms with Crippen molar-refractivity contribution < 1.29 is 13.9 Å². The van der Waals surface area contributed by atoms with Crippen molar-refractivity contribution in [3.05, 3.63) is 71.9 Å². The number of hydrogen-bond acceptors (Lipinski definition) is 5. The summed E-state index contributed by atoms with van der Waals surface area (Å²) in [6.45, 7) is 6.75. The molecule has 6 heteroatoms. The fourth-order valence-electron chi connectivity index (χ4n) is 3.05. The van der Waals surface area contributed by atoms with Gasteiger partial charge < -0.3 is 14.5 Å². The highest BCUT2D eigenvalue weighted by Crippen LogP contribution is 2.30. The fraction of sp³-hybridized carbons (Fsp3) is 0.208. The summed E-state index contributed by atoms with van der Waals surface area (Å²) in [7, 11) is 0. The van der Waals surface area contributed by atoms with Crippen molar-refractivity contribution in [1.82, 2.24) is 9.97 Å². The molecule has 0 radical (unpaired) electrons. The molecule has 0 unspecified atom stereocenters. The molecular formula is C24H23N3O3. The number of carbonyl (C=O) groups excluding carboxylic acids is 1. The zero-order valence-corrected chi connectivity index (χ0v) is 17.2. The van der Waals surface area contributed by atoms with E-state index in [2.05, 4.69) is 29.1 Å². The Bertz CT molecular complexity index is 1150. The summed E-state index contributed by atoms with van der Waals surface area (Å²) in [5.41, 5.74) is 4.12. The molecule has 0 spiro atoms. The molecule has 0 bridgehead atoms. The Morgan fingerprint density at radius 1 is 1.10 bits per heavy atom. The molecular weight excluding hydrogens is 378 g/mol. The topological polar surface area (TPSA) is 77.2 Å². The molecule has 152 valence electrons. The summed E-state index contributed by atoms with van der Waals surface area (Å²) in [6, 6.07) is 16.4. The van der Waals surface area contributed by atoms with E-state index < -0.39 is 0 Å². The van der Waals surface area contributed by atoms with Crippen LogP contribution in [0.15, 0.2) is 65.2 Å². The molecule has 0 saturated carbocycles. The van der Waals surface area contributed by atoms with Crippen LogP contribution in [-0.4, -0.2) is 22.5 Å². The molecule has 0 aliphatic heterocycles. The largest absolute Gasteiger partial charge is 0.493 e. The predicted molar refractivity (Wildman–Crippen MR) is 117 cm³/mol. The van der Waals surface area contributed by atoms with Crippen LogP contribution in [0.3, 0.4) is 0 Å². The van der Waals surface area contributed by atoms with E-state index in [9.17, 15) is 4.79 Å². The number of nitrogens with zero attached hydrogens (tertiary/aromatic N) is 2. The lowest BCUT2D eigenvalue weighted by Crippen LogP contribution is -2.13.